The van der Waals surface area contributed by atoms with Crippen molar-refractivity contribution in [2.24, 2.45) is 0 Å². The molecule has 0 saturated carbocycles. The molecule has 0 amide bonds. The number of methoxy groups -OCH3 is 2. The van der Waals surface area contributed by atoms with Crippen LogP contribution in [0.5, 0.6) is 11.5 Å². The van der Waals surface area contributed by atoms with Crippen molar-refractivity contribution in [1.29, 1.82) is 0 Å². The van der Waals surface area contributed by atoms with E-state index in [0.29, 0.717) is 23.6 Å². The molecule has 5 rings (SSSR count). The predicted octanol–water partition coefficient (Wildman–Crippen LogP) is 5.16. The molecule has 168 valence electrons. The van der Waals surface area contributed by atoms with Gasteiger partial charge in [-0.3, -0.25) is 15.0 Å². The predicted molar refractivity (Wildman–Crippen MR) is 124 cm³/mol. The Balaban J connectivity index is 1.58. The highest BCUT2D eigenvalue weighted by Crippen LogP contribution is 2.44. The van der Waals surface area contributed by atoms with Gasteiger partial charge in [0.2, 0.25) is 0 Å². The molecule has 0 N–H and O–H groups in total. The quantitative estimate of drug-likeness (QED) is 0.409. The van der Waals surface area contributed by atoms with Crippen LogP contribution in [0, 0.1) is 17.0 Å². The highest BCUT2D eigenvalue weighted by Gasteiger charge is 2.34. The molecule has 7 nitrogen and oxygen atoms in total. The normalized spacial score (nSPS) is 18.3. The lowest BCUT2D eigenvalue weighted by Crippen LogP contribution is -2.31. The second kappa shape index (κ2) is 8.13. The zero-order chi connectivity index (χ0) is 22.4. The average Bonchev–Trinajstić information content (AvgIpc) is 2.98. The topological polar surface area (TPSA) is 69.8 Å². The Bertz CT molecular complexity index is 1200. The van der Waals surface area contributed by atoms with E-state index in [9.17, 15) is 10.1 Å². The van der Waals surface area contributed by atoms with Crippen molar-refractivity contribution >= 4 is 16.6 Å². The van der Waals surface area contributed by atoms with Crippen molar-refractivity contribution in [2.75, 3.05) is 20.8 Å². The number of nitro groups is 1. The van der Waals surface area contributed by atoms with Gasteiger partial charge in [0.1, 0.15) is 0 Å². The number of hydrogen-bond acceptors (Lipinski definition) is 5. The summed E-state index contributed by atoms with van der Waals surface area (Å²) >= 11 is 0. The molecule has 0 unspecified atom stereocenters. The number of rotatable bonds is 5. The molecule has 32 heavy (non-hydrogen) atoms. The SMILES string of the molecule is COc1cc(CN2CCCn3c4c(c5cc(C)ccc53)CCC[C@H]42)c([N+](=O)[O-])cc1OC. The minimum atomic E-state index is -0.318. The van der Waals surface area contributed by atoms with Crippen LogP contribution in [-0.4, -0.2) is 35.2 Å². The minimum Gasteiger partial charge on any atom is -0.493 e. The summed E-state index contributed by atoms with van der Waals surface area (Å²) in [7, 11) is 3.06. The zero-order valence-electron chi connectivity index (χ0n) is 18.9. The van der Waals surface area contributed by atoms with Crippen LogP contribution in [0.4, 0.5) is 5.69 Å². The summed E-state index contributed by atoms with van der Waals surface area (Å²) < 4.78 is 13.3. The average molecular weight is 436 g/mol. The van der Waals surface area contributed by atoms with Crippen molar-refractivity contribution in [3.8, 4) is 11.5 Å². The van der Waals surface area contributed by atoms with E-state index in [1.807, 2.05) is 0 Å². The summed E-state index contributed by atoms with van der Waals surface area (Å²) in [5.74, 6) is 0.908. The van der Waals surface area contributed by atoms with E-state index in [-0.39, 0.29) is 16.7 Å². The van der Waals surface area contributed by atoms with Crippen LogP contribution in [0.2, 0.25) is 0 Å². The molecule has 1 aromatic heterocycles. The van der Waals surface area contributed by atoms with Crippen LogP contribution in [0.1, 0.15) is 47.7 Å². The summed E-state index contributed by atoms with van der Waals surface area (Å²) in [5.41, 5.74) is 6.24. The largest absolute Gasteiger partial charge is 0.493 e. The second-order valence-electron chi connectivity index (χ2n) is 8.86. The first-order chi connectivity index (χ1) is 15.5. The van der Waals surface area contributed by atoms with Crippen molar-refractivity contribution in [3.05, 3.63) is 62.8 Å². The Hall–Kier alpha value is -3.06. The summed E-state index contributed by atoms with van der Waals surface area (Å²) in [6.45, 7) is 4.56. The van der Waals surface area contributed by atoms with E-state index in [2.05, 4.69) is 34.6 Å². The molecular weight excluding hydrogens is 406 g/mol. The molecule has 1 atom stereocenters. The maximum Gasteiger partial charge on any atom is 0.277 e. The lowest BCUT2D eigenvalue weighted by molar-refractivity contribution is -0.385. The monoisotopic (exact) mass is 435 g/mol. The maximum atomic E-state index is 11.8. The lowest BCUT2D eigenvalue weighted by Gasteiger charge is -2.33. The molecule has 7 heteroatoms. The molecule has 2 aliphatic rings. The molecule has 3 aromatic rings. The zero-order valence-corrected chi connectivity index (χ0v) is 18.9. The van der Waals surface area contributed by atoms with Gasteiger partial charge in [0, 0.05) is 41.8 Å². The smallest absolute Gasteiger partial charge is 0.277 e. The fraction of sp³-hybridized carbons (Fsp3) is 0.440. The van der Waals surface area contributed by atoms with E-state index in [4.69, 9.17) is 9.47 Å². The van der Waals surface area contributed by atoms with E-state index in [1.165, 1.54) is 40.9 Å². The third-order valence-corrected chi connectivity index (χ3v) is 7.01. The maximum absolute atomic E-state index is 11.8. The van der Waals surface area contributed by atoms with E-state index in [1.54, 1.807) is 13.2 Å². The first-order valence-electron chi connectivity index (χ1n) is 11.3. The van der Waals surface area contributed by atoms with Gasteiger partial charge in [0.05, 0.1) is 31.3 Å². The molecule has 0 fully saturated rings. The van der Waals surface area contributed by atoms with Crippen LogP contribution >= 0.6 is 0 Å². The summed E-state index contributed by atoms with van der Waals surface area (Å²) in [5, 5.41) is 13.2. The van der Waals surface area contributed by atoms with E-state index < -0.39 is 0 Å². The number of aromatic nitrogens is 1. The van der Waals surface area contributed by atoms with Gasteiger partial charge in [-0.15, -0.1) is 0 Å². The van der Waals surface area contributed by atoms with Crippen molar-refractivity contribution in [1.82, 2.24) is 9.47 Å². The Morgan fingerprint density at radius 2 is 1.88 bits per heavy atom. The molecule has 0 saturated heterocycles. The molecule has 2 aromatic carbocycles. The summed E-state index contributed by atoms with van der Waals surface area (Å²) in [4.78, 5) is 14.0. The fourth-order valence-corrected chi connectivity index (χ4v) is 5.61. The van der Waals surface area contributed by atoms with E-state index >= 15 is 0 Å². The first kappa shape index (κ1) is 20.8. The van der Waals surface area contributed by atoms with Gasteiger partial charge in [-0.05, 0) is 56.4 Å². The number of ether oxygens (including phenoxy) is 2. The van der Waals surface area contributed by atoms with Gasteiger partial charge in [0.25, 0.3) is 5.69 Å². The van der Waals surface area contributed by atoms with Crippen LogP contribution < -0.4 is 9.47 Å². The lowest BCUT2D eigenvalue weighted by atomic mass is 9.90. The number of benzene rings is 2. The van der Waals surface area contributed by atoms with Crippen molar-refractivity contribution in [2.45, 2.75) is 51.7 Å². The fourth-order valence-electron chi connectivity index (χ4n) is 5.61. The van der Waals surface area contributed by atoms with Gasteiger partial charge < -0.3 is 14.0 Å². The van der Waals surface area contributed by atoms with Gasteiger partial charge >= 0.3 is 0 Å². The second-order valence-corrected chi connectivity index (χ2v) is 8.86. The Morgan fingerprint density at radius 1 is 1.09 bits per heavy atom. The van der Waals surface area contributed by atoms with Gasteiger partial charge in [-0.25, -0.2) is 0 Å². The van der Waals surface area contributed by atoms with E-state index in [0.717, 1.165) is 38.8 Å². The molecule has 2 heterocycles. The Kier molecular flexibility index (Phi) is 5.29. The first-order valence-corrected chi connectivity index (χ1v) is 11.3. The van der Waals surface area contributed by atoms with Crippen LogP contribution in [0.3, 0.4) is 0 Å². The number of nitro benzene ring substituents is 1. The van der Waals surface area contributed by atoms with Crippen LogP contribution in [0.25, 0.3) is 10.9 Å². The Morgan fingerprint density at radius 3 is 2.62 bits per heavy atom. The molecule has 0 radical (unpaired) electrons. The van der Waals surface area contributed by atoms with Crippen LogP contribution in [-0.2, 0) is 19.5 Å². The number of hydrogen-bond donors (Lipinski definition) is 0. The highest BCUT2D eigenvalue weighted by molar-refractivity contribution is 5.87. The number of fused-ring (bicyclic) bond motifs is 3. The van der Waals surface area contributed by atoms with Crippen molar-refractivity contribution < 1.29 is 14.4 Å². The molecule has 0 bridgehead atoms. The van der Waals surface area contributed by atoms with Gasteiger partial charge in [-0.1, -0.05) is 11.6 Å². The van der Waals surface area contributed by atoms with Crippen molar-refractivity contribution in [3.63, 3.8) is 0 Å². The molecule has 0 spiro atoms. The highest BCUT2D eigenvalue weighted by atomic mass is 16.6. The Labute approximate surface area is 187 Å². The van der Waals surface area contributed by atoms with Gasteiger partial charge in [-0.2, -0.15) is 0 Å². The molecular formula is C25H29N3O4. The summed E-state index contributed by atoms with van der Waals surface area (Å²) in [6, 6.07) is 10.3. The molecule has 1 aliphatic heterocycles. The van der Waals surface area contributed by atoms with Gasteiger partial charge in [0.15, 0.2) is 11.5 Å². The number of aryl methyl sites for hydroxylation is 3. The summed E-state index contributed by atoms with van der Waals surface area (Å²) in [6.07, 6.45) is 4.32. The minimum absolute atomic E-state index is 0.0825. The van der Waals surface area contributed by atoms with Crippen LogP contribution in [0.15, 0.2) is 30.3 Å². The standard InChI is InChI=1S/C25H29N3O4/c1-16-8-9-20-19(12-16)18-6-4-7-21-25(18)27(20)11-5-10-26(21)15-17-13-23(31-2)24(32-3)14-22(17)28(29)30/h8-9,12-14,21H,4-7,10-11,15H2,1-3H3/t21-/m1/s1. The molecule has 1 aliphatic carbocycles. The third-order valence-electron chi connectivity index (χ3n) is 7.01. The third kappa shape index (κ3) is 3.32. The number of nitrogens with zero attached hydrogens (tertiary/aromatic N) is 3.